The molecule has 4 nitrogen and oxygen atoms in total. The van der Waals surface area contributed by atoms with E-state index >= 15 is 0 Å². The fourth-order valence-corrected chi connectivity index (χ4v) is 4.03. The lowest BCUT2D eigenvalue weighted by Crippen LogP contribution is -2.50. The first-order chi connectivity index (χ1) is 12.3. The van der Waals surface area contributed by atoms with Crippen molar-refractivity contribution in [2.24, 2.45) is 5.41 Å². The van der Waals surface area contributed by atoms with Crippen LogP contribution in [0.4, 0.5) is 10.5 Å². The maximum Gasteiger partial charge on any atom is 0.410 e. The molecule has 0 radical (unpaired) electrons. The van der Waals surface area contributed by atoms with Gasteiger partial charge in [-0.25, -0.2) is 4.79 Å². The first-order valence-corrected chi connectivity index (χ1v) is 10.1. The van der Waals surface area contributed by atoms with Crippen molar-refractivity contribution in [1.82, 2.24) is 4.90 Å². The van der Waals surface area contributed by atoms with Gasteiger partial charge in [0.15, 0.2) is 0 Å². The van der Waals surface area contributed by atoms with Crippen molar-refractivity contribution in [3.05, 3.63) is 29.8 Å². The summed E-state index contributed by atoms with van der Waals surface area (Å²) in [7, 11) is 0. The van der Waals surface area contributed by atoms with Gasteiger partial charge in [-0.15, -0.1) is 0 Å². The quantitative estimate of drug-likeness (QED) is 0.704. The molecule has 0 unspecified atom stereocenters. The van der Waals surface area contributed by atoms with Crippen molar-refractivity contribution in [2.75, 3.05) is 31.1 Å². The first kappa shape index (κ1) is 21.6. The largest absolute Gasteiger partial charge is 0.444 e. The number of carbonyl (C=O) groups is 1. The molecule has 1 aromatic rings. The number of hydrogen-bond donors (Lipinski definition) is 0. The van der Waals surface area contributed by atoms with Gasteiger partial charge < -0.3 is 14.5 Å². The lowest BCUT2D eigenvalue weighted by Gasteiger charge is -2.37. The zero-order valence-electron chi connectivity index (χ0n) is 18.6. The molecule has 152 valence electrons. The zero-order valence-corrected chi connectivity index (χ0v) is 18.6. The number of amides is 1. The molecule has 1 heterocycles. The Hall–Kier alpha value is -1.71. The predicted molar refractivity (Wildman–Crippen MR) is 114 cm³/mol. The Morgan fingerprint density at radius 1 is 0.889 bits per heavy atom. The average molecular weight is 375 g/mol. The molecule has 4 heteroatoms. The van der Waals surface area contributed by atoms with Gasteiger partial charge in [-0.2, -0.15) is 0 Å². The lowest BCUT2D eigenvalue weighted by molar-refractivity contribution is 0.0240. The fourth-order valence-electron chi connectivity index (χ4n) is 4.03. The minimum atomic E-state index is -0.441. The van der Waals surface area contributed by atoms with Crippen molar-refractivity contribution in [1.29, 1.82) is 0 Å². The van der Waals surface area contributed by atoms with Crippen molar-refractivity contribution in [2.45, 2.75) is 72.8 Å². The van der Waals surface area contributed by atoms with Gasteiger partial charge in [0.05, 0.1) is 0 Å². The SMILES string of the molecule is CC(C)(C)CC(C)(C)c1ccc(N2CCN(C(=O)OC(C)(C)C)CC2)cc1. The van der Waals surface area contributed by atoms with Gasteiger partial charge in [0.25, 0.3) is 0 Å². The van der Waals surface area contributed by atoms with Crippen molar-refractivity contribution in [3.63, 3.8) is 0 Å². The molecule has 2 rings (SSSR count). The van der Waals surface area contributed by atoms with E-state index in [0.29, 0.717) is 18.5 Å². The van der Waals surface area contributed by atoms with E-state index in [1.165, 1.54) is 11.3 Å². The van der Waals surface area contributed by atoms with E-state index in [0.717, 1.165) is 19.5 Å². The number of benzene rings is 1. The maximum atomic E-state index is 12.2. The highest BCUT2D eigenvalue weighted by atomic mass is 16.6. The molecule has 1 aromatic carbocycles. The normalized spacial score (nSPS) is 16.4. The van der Waals surface area contributed by atoms with Gasteiger partial charge in [0.1, 0.15) is 5.60 Å². The molecule has 0 spiro atoms. The summed E-state index contributed by atoms with van der Waals surface area (Å²) in [6.45, 7) is 20.3. The summed E-state index contributed by atoms with van der Waals surface area (Å²) in [5.74, 6) is 0. The van der Waals surface area contributed by atoms with E-state index in [1.807, 2.05) is 25.7 Å². The molecule has 1 amide bonds. The molecular weight excluding hydrogens is 336 g/mol. The highest BCUT2D eigenvalue weighted by Crippen LogP contribution is 2.36. The van der Waals surface area contributed by atoms with Gasteiger partial charge in [-0.1, -0.05) is 46.8 Å². The number of nitrogens with zero attached hydrogens (tertiary/aromatic N) is 2. The topological polar surface area (TPSA) is 32.8 Å². The Bertz CT molecular complexity index is 628. The lowest BCUT2D eigenvalue weighted by atomic mass is 9.72. The number of ether oxygens (including phenoxy) is 1. The number of anilines is 1. The molecule has 27 heavy (non-hydrogen) atoms. The molecule has 0 N–H and O–H groups in total. The molecule has 1 aliphatic rings. The van der Waals surface area contributed by atoms with E-state index in [1.54, 1.807) is 0 Å². The molecule has 1 aliphatic heterocycles. The maximum absolute atomic E-state index is 12.2. The van der Waals surface area contributed by atoms with E-state index in [4.69, 9.17) is 4.74 Å². The molecular formula is C23H38N2O2. The van der Waals surface area contributed by atoms with Crippen LogP contribution in [0.15, 0.2) is 24.3 Å². The van der Waals surface area contributed by atoms with Crippen LogP contribution in [0.5, 0.6) is 0 Å². The monoisotopic (exact) mass is 374 g/mol. The molecule has 0 aliphatic carbocycles. The van der Waals surface area contributed by atoms with E-state index in [9.17, 15) is 4.79 Å². The Morgan fingerprint density at radius 2 is 1.41 bits per heavy atom. The predicted octanol–water partition coefficient (Wildman–Crippen LogP) is 5.46. The summed E-state index contributed by atoms with van der Waals surface area (Å²) >= 11 is 0. The molecule has 0 bridgehead atoms. The van der Waals surface area contributed by atoms with Crippen LogP contribution in [-0.4, -0.2) is 42.8 Å². The van der Waals surface area contributed by atoms with Gasteiger partial charge in [-0.05, 0) is 55.7 Å². The molecule has 1 fully saturated rings. The van der Waals surface area contributed by atoms with Crippen LogP contribution in [0.25, 0.3) is 0 Å². The minimum Gasteiger partial charge on any atom is -0.444 e. The smallest absolute Gasteiger partial charge is 0.410 e. The van der Waals surface area contributed by atoms with Crippen LogP contribution < -0.4 is 4.90 Å². The highest BCUT2D eigenvalue weighted by Gasteiger charge is 2.28. The van der Waals surface area contributed by atoms with Gasteiger partial charge in [0.2, 0.25) is 0 Å². The van der Waals surface area contributed by atoms with E-state index < -0.39 is 5.60 Å². The van der Waals surface area contributed by atoms with Crippen molar-refractivity contribution >= 4 is 11.8 Å². The number of piperazine rings is 1. The third kappa shape index (κ3) is 6.44. The molecule has 0 saturated carbocycles. The summed E-state index contributed by atoms with van der Waals surface area (Å²) in [5, 5.41) is 0. The fraction of sp³-hybridized carbons (Fsp3) is 0.696. The van der Waals surface area contributed by atoms with Gasteiger partial charge in [-0.3, -0.25) is 0 Å². The van der Waals surface area contributed by atoms with Crippen LogP contribution in [0, 0.1) is 5.41 Å². The first-order valence-electron chi connectivity index (χ1n) is 10.1. The van der Waals surface area contributed by atoms with Crippen LogP contribution in [0.2, 0.25) is 0 Å². The highest BCUT2D eigenvalue weighted by molar-refractivity contribution is 5.68. The summed E-state index contributed by atoms with van der Waals surface area (Å²) in [6, 6.07) is 8.98. The Morgan fingerprint density at radius 3 is 1.85 bits per heavy atom. The Kier molecular flexibility index (Phi) is 6.18. The van der Waals surface area contributed by atoms with E-state index in [-0.39, 0.29) is 11.5 Å². The second kappa shape index (κ2) is 7.73. The molecule has 0 atom stereocenters. The second-order valence-electron chi connectivity index (χ2n) is 10.6. The number of rotatable bonds is 3. The van der Waals surface area contributed by atoms with Crippen molar-refractivity contribution < 1.29 is 9.53 Å². The van der Waals surface area contributed by atoms with Crippen molar-refractivity contribution in [3.8, 4) is 0 Å². The summed E-state index contributed by atoms with van der Waals surface area (Å²) in [5.41, 5.74) is 2.64. The Balaban J connectivity index is 1.96. The van der Waals surface area contributed by atoms with E-state index in [2.05, 4.69) is 63.8 Å². The molecule has 0 aromatic heterocycles. The second-order valence-corrected chi connectivity index (χ2v) is 10.6. The summed E-state index contributed by atoms with van der Waals surface area (Å²) in [4.78, 5) is 16.4. The van der Waals surface area contributed by atoms with Crippen LogP contribution in [-0.2, 0) is 10.2 Å². The number of hydrogen-bond acceptors (Lipinski definition) is 3. The van der Waals surface area contributed by atoms with Gasteiger partial charge >= 0.3 is 6.09 Å². The van der Waals surface area contributed by atoms with Crippen LogP contribution in [0.1, 0.15) is 67.4 Å². The standard InChI is InChI=1S/C23H38N2O2/c1-21(2,3)17-23(7,8)18-9-11-19(12-10-18)24-13-15-25(16-14-24)20(26)27-22(4,5)6/h9-12H,13-17H2,1-8H3. The average Bonchev–Trinajstić information content (AvgIpc) is 2.51. The Labute approximate surface area is 165 Å². The van der Waals surface area contributed by atoms with Crippen LogP contribution >= 0.6 is 0 Å². The van der Waals surface area contributed by atoms with Crippen LogP contribution in [0.3, 0.4) is 0 Å². The summed E-state index contributed by atoms with van der Waals surface area (Å²) < 4.78 is 5.48. The minimum absolute atomic E-state index is 0.159. The van der Waals surface area contributed by atoms with Gasteiger partial charge in [0, 0.05) is 31.9 Å². The third-order valence-corrected chi connectivity index (χ3v) is 4.92. The number of carbonyl (C=O) groups excluding carboxylic acids is 1. The molecule has 1 saturated heterocycles. The summed E-state index contributed by atoms with van der Waals surface area (Å²) in [6.07, 6.45) is 0.940. The zero-order chi connectivity index (χ0) is 20.5. The third-order valence-electron chi connectivity index (χ3n) is 4.92.